The van der Waals surface area contributed by atoms with Crippen LogP contribution in [0, 0.1) is 5.92 Å². The number of fused-ring (bicyclic) bond motifs is 1. The van der Waals surface area contributed by atoms with Gasteiger partial charge in [0.1, 0.15) is 19.8 Å². The molecule has 0 bridgehead atoms. The fourth-order valence-electron chi connectivity index (χ4n) is 3.74. The van der Waals surface area contributed by atoms with Crippen molar-refractivity contribution in [3.63, 3.8) is 0 Å². The largest absolute Gasteiger partial charge is 0.486 e. The summed E-state index contributed by atoms with van der Waals surface area (Å²) in [5.41, 5.74) is 1.02. The molecule has 1 saturated carbocycles. The van der Waals surface area contributed by atoms with Crippen LogP contribution in [0.3, 0.4) is 0 Å². The second-order valence-electron chi connectivity index (χ2n) is 7.61. The summed E-state index contributed by atoms with van der Waals surface area (Å²) >= 11 is 0. The summed E-state index contributed by atoms with van der Waals surface area (Å²) in [6.45, 7) is 2.82. The van der Waals surface area contributed by atoms with Crippen LogP contribution in [0.2, 0.25) is 0 Å². The zero-order valence-corrected chi connectivity index (χ0v) is 15.8. The topological polar surface area (TPSA) is 71.1 Å². The van der Waals surface area contributed by atoms with Gasteiger partial charge in [0.2, 0.25) is 5.91 Å². The van der Waals surface area contributed by atoms with E-state index >= 15 is 0 Å². The van der Waals surface area contributed by atoms with Crippen LogP contribution < -0.4 is 14.8 Å². The van der Waals surface area contributed by atoms with E-state index in [0.717, 1.165) is 55.8 Å². The van der Waals surface area contributed by atoms with Crippen LogP contribution in [0.5, 0.6) is 11.5 Å². The van der Waals surface area contributed by atoms with E-state index in [1.54, 1.807) is 7.05 Å². The molecule has 2 heterocycles. The normalized spacial score (nSPS) is 19.5. The monoisotopic (exact) mass is 373 g/mol. The van der Waals surface area contributed by atoms with Crippen molar-refractivity contribution in [1.82, 2.24) is 15.1 Å². The van der Waals surface area contributed by atoms with Crippen molar-refractivity contribution in [1.29, 1.82) is 0 Å². The molecule has 1 aliphatic carbocycles. The number of likely N-dealkylation sites (N-methyl/N-ethyl adjacent to an activating group) is 1. The second-order valence-corrected chi connectivity index (χ2v) is 7.61. The number of nitrogens with one attached hydrogen (secondary N) is 1. The summed E-state index contributed by atoms with van der Waals surface area (Å²) in [4.78, 5) is 28.3. The highest BCUT2D eigenvalue weighted by Crippen LogP contribution is 2.43. The molecule has 2 aliphatic heterocycles. The molecule has 1 unspecified atom stereocenters. The Morgan fingerprint density at radius 1 is 1.19 bits per heavy atom. The predicted molar refractivity (Wildman–Crippen MR) is 99.9 cm³/mol. The molecule has 1 N–H and O–H groups in total. The number of carbonyl (C=O) groups excluding carboxylic acids is 2. The zero-order valence-electron chi connectivity index (χ0n) is 15.8. The van der Waals surface area contributed by atoms with E-state index < -0.39 is 0 Å². The smallest absolute Gasteiger partial charge is 0.318 e. The Morgan fingerprint density at radius 3 is 2.59 bits per heavy atom. The van der Waals surface area contributed by atoms with Gasteiger partial charge in [-0.2, -0.15) is 0 Å². The molecule has 0 spiro atoms. The lowest BCUT2D eigenvalue weighted by molar-refractivity contribution is -0.130. The molecular formula is C20H27N3O4. The molecule has 1 aromatic rings. The number of carbonyl (C=O) groups is 2. The Labute approximate surface area is 159 Å². The van der Waals surface area contributed by atoms with E-state index in [4.69, 9.17) is 9.47 Å². The van der Waals surface area contributed by atoms with Crippen molar-refractivity contribution in [2.24, 2.45) is 5.92 Å². The summed E-state index contributed by atoms with van der Waals surface area (Å²) in [6, 6.07) is 5.58. The van der Waals surface area contributed by atoms with Crippen LogP contribution in [-0.4, -0.2) is 61.6 Å². The first-order valence-electron chi connectivity index (χ1n) is 9.81. The van der Waals surface area contributed by atoms with Gasteiger partial charge < -0.3 is 24.6 Å². The number of nitrogens with zero attached hydrogens (tertiary/aromatic N) is 2. The van der Waals surface area contributed by atoms with Gasteiger partial charge >= 0.3 is 6.03 Å². The molecule has 1 aromatic carbocycles. The van der Waals surface area contributed by atoms with E-state index in [9.17, 15) is 9.59 Å². The Balaban J connectivity index is 1.40. The Bertz CT molecular complexity index is 713. The second kappa shape index (κ2) is 7.66. The van der Waals surface area contributed by atoms with Crippen molar-refractivity contribution in [2.45, 2.75) is 31.7 Å². The summed E-state index contributed by atoms with van der Waals surface area (Å²) in [5, 5.41) is 3.12. The number of hydrogen-bond donors (Lipinski definition) is 1. The summed E-state index contributed by atoms with van der Waals surface area (Å²) < 4.78 is 11.3. The van der Waals surface area contributed by atoms with E-state index in [1.807, 2.05) is 23.1 Å². The van der Waals surface area contributed by atoms with E-state index in [0.29, 0.717) is 19.1 Å². The Morgan fingerprint density at radius 2 is 1.89 bits per heavy atom. The quantitative estimate of drug-likeness (QED) is 0.859. The molecule has 2 fully saturated rings. The van der Waals surface area contributed by atoms with Gasteiger partial charge in [-0.25, -0.2) is 4.79 Å². The molecule has 7 nitrogen and oxygen atoms in total. The SMILES string of the molecule is CN(CC(=O)N1CCCC1)C(=O)NC(c1ccc2c(c1)OCCO2)C1CC1. The number of hydrogen-bond acceptors (Lipinski definition) is 4. The lowest BCUT2D eigenvalue weighted by atomic mass is 10.0. The molecule has 4 rings (SSSR count). The molecular weight excluding hydrogens is 346 g/mol. The number of benzene rings is 1. The molecule has 146 valence electrons. The number of likely N-dealkylation sites (tertiary alicyclic amines) is 1. The highest BCUT2D eigenvalue weighted by atomic mass is 16.6. The molecule has 0 radical (unpaired) electrons. The van der Waals surface area contributed by atoms with E-state index in [2.05, 4.69) is 5.32 Å². The summed E-state index contributed by atoms with van der Waals surface area (Å²) in [7, 11) is 1.68. The van der Waals surface area contributed by atoms with Gasteiger partial charge in [-0.1, -0.05) is 6.07 Å². The number of urea groups is 1. The number of rotatable bonds is 5. The van der Waals surface area contributed by atoms with Crippen LogP contribution in [0.4, 0.5) is 4.79 Å². The van der Waals surface area contributed by atoms with Gasteiger partial charge in [-0.3, -0.25) is 4.79 Å². The predicted octanol–water partition coefficient (Wildman–Crippen LogP) is 2.17. The van der Waals surface area contributed by atoms with Gasteiger partial charge in [0.15, 0.2) is 11.5 Å². The van der Waals surface area contributed by atoms with Gasteiger partial charge in [-0.05, 0) is 49.3 Å². The number of ether oxygens (including phenoxy) is 2. The van der Waals surface area contributed by atoms with Crippen LogP contribution in [0.25, 0.3) is 0 Å². The van der Waals surface area contributed by atoms with Gasteiger partial charge in [-0.15, -0.1) is 0 Å². The van der Waals surface area contributed by atoms with Gasteiger partial charge in [0, 0.05) is 20.1 Å². The summed E-state index contributed by atoms with van der Waals surface area (Å²) in [6.07, 6.45) is 4.29. The molecule has 3 amide bonds. The highest BCUT2D eigenvalue weighted by molar-refractivity contribution is 5.84. The highest BCUT2D eigenvalue weighted by Gasteiger charge is 2.35. The Hall–Kier alpha value is -2.44. The number of amides is 3. The van der Waals surface area contributed by atoms with Crippen LogP contribution in [0.15, 0.2) is 18.2 Å². The maximum Gasteiger partial charge on any atom is 0.318 e. The van der Waals surface area contributed by atoms with Crippen LogP contribution in [-0.2, 0) is 4.79 Å². The molecule has 1 atom stereocenters. The third kappa shape index (κ3) is 4.12. The maximum absolute atomic E-state index is 12.7. The third-order valence-electron chi connectivity index (χ3n) is 5.48. The lowest BCUT2D eigenvalue weighted by Gasteiger charge is -2.26. The molecule has 1 saturated heterocycles. The summed E-state index contributed by atoms with van der Waals surface area (Å²) in [5.74, 6) is 1.93. The first-order valence-corrected chi connectivity index (χ1v) is 9.81. The van der Waals surface area contributed by atoms with Crippen LogP contribution >= 0.6 is 0 Å². The first kappa shape index (κ1) is 17.9. The maximum atomic E-state index is 12.7. The first-order chi connectivity index (χ1) is 13.1. The molecule has 0 aromatic heterocycles. The fraction of sp³-hybridized carbons (Fsp3) is 0.600. The lowest BCUT2D eigenvalue weighted by Crippen LogP contribution is -2.45. The molecule has 27 heavy (non-hydrogen) atoms. The third-order valence-corrected chi connectivity index (χ3v) is 5.48. The van der Waals surface area contributed by atoms with E-state index in [-0.39, 0.29) is 24.5 Å². The van der Waals surface area contributed by atoms with Crippen molar-refractivity contribution < 1.29 is 19.1 Å². The van der Waals surface area contributed by atoms with Crippen molar-refractivity contribution in [3.05, 3.63) is 23.8 Å². The minimum atomic E-state index is -0.214. The van der Waals surface area contributed by atoms with Crippen molar-refractivity contribution in [2.75, 3.05) is 39.9 Å². The zero-order chi connectivity index (χ0) is 18.8. The standard InChI is InChI=1S/C20H27N3O4/c1-22(13-18(24)23-8-2-3-9-23)20(25)21-19(14-4-5-14)15-6-7-16-17(12-15)27-11-10-26-16/h6-7,12,14,19H,2-5,8-11,13H2,1H3,(H,21,25). The average molecular weight is 373 g/mol. The van der Waals surface area contributed by atoms with E-state index in [1.165, 1.54) is 4.90 Å². The Kier molecular flexibility index (Phi) is 5.09. The minimum Gasteiger partial charge on any atom is -0.486 e. The molecule has 3 aliphatic rings. The average Bonchev–Trinajstić information content (AvgIpc) is 3.37. The van der Waals surface area contributed by atoms with Crippen LogP contribution in [0.1, 0.15) is 37.3 Å². The van der Waals surface area contributed by atoms with Crippen molar-refractivity contribution in [3.8, 4) is 11.5 Å². The van der Waals surface area contributed by atoms with Gasteiger partial charge in [0.05, 0.1) is 6.04 Å². The minimum absolute atomic E-state index is 0.0208. The van der Waals surface area contributed by atoms with Crippen molar-refractivity contribution >= 4 is 11.9 Å². The fourth-order valence-corrected chi connectivity index (χ4v) is 3.74. The van der Waals surface area contributed by atoms with Gasteiger partial charge in [0.25, 0.3) is 0 Å². The molecule has 7 heteroatoms.